The van der Waals surface area contributed by atoms with Crippen LogP contribution in [0.5, 0.6) is 5.75 Å². The number of amides is 1. The van der Waals surface area contributed by atoms with Gasteiger partial charge in [0.25, 0.3) is 5.69 Å². The summed E-state index contributed by atoms with van der Waals surface area (Å²) < 4.78 is 7.05. The fraction of sp³-hybridized carbons (Fsp3) is 0.348. The number of anilines is 1. The van der Waals surface area contributed by atoms with Gasteiger partial charge in [0.15, 0.2) is 11.0 Å². The lowest BCUT2D eigenvalue weighted by Gasteiger charge is -2.19. The second-order valence-electron chi connectivity index (χ2n) is 8.58. The van der Waals surface area contributed by atoms with Crippen molar-refractivity contribution >= 4 is 29.0 Å². The molecule has 1 N–H and O–H groups in total. The van der Waals surface area contributed by atoms with Crippen LogP contribution in [0.15, 0.2) is 47.6 Å². The minimum absolute atomic E-state index is 0.0596. The van der Waals surface area contributed by atoms with Gasteiger partial charge in [-0.3, -0.25) is 14.9 Å². The predicted molar refractivity (Wildman–Crippen MR) is 129 cm³/mol. The van der Waals surface area contributed by atoms with Crippen LogP contribution in [-0.2, 0) is 17.3 Å². The van der Waals surface area contributed by atoms with E-state index in [1.54, 1.807) is 6.92 Å². The number of nitro benzene ring substituents is 1. The lowest BCUT2D eigenvalue weighted by Crippen LogP contribution is -2.23. The molecular weight excluding hydrogens is 442 g/mol. The predicted octanol–water partition coefficient (Wildman–Crippen LogP) is 4.82. The largest absolute Gasteiger partial charge is 0.495 e. The van der Waals surface area contributed by atoms with Crippen LogP contribution < -0.4 is 10.1 Å². The SMILES string of the molecule is COc1ccc([N+](=O)[O-])cc1NC(=O)[C@@H](C)Sc1nnc(-c2ccc(C(C)(C)C)cc2)n1C. The summed E-state index contributed by atoms with van der Waals surface area (Å²) in [6.45, 7) is 8.22. The number of nitrogens with one attached hydrogen (secondary N) is 1. The van der Waals surface area contributed by atoms with E-state index in [1.165, 1.54) is 42.6 Å². The molecule has 0 aliphatic heterocycles. The highest BCUT2D eigenvalue weighted by Crippen LogP contribution is 2.31. The number of benzene rings is 2. The van der Waals surface area contributed by atoms with Crippen molar-refractivity contribution in [3.05, 3.63) is 58.1 Å². The number of carbonyl (C=O) groups excluding carboxylic acids is 1. The highest BCUT2D eigenvalue weighted by Gasteiger charge is 2.22. The van der Waals surface area contributed by atoms with Crippen molar-refractivity contribution in [1.29, 1.82) is 0 Å². The third-order valence-electron chi connectivity index (χ3n) is 5.15. The Morgan fingerprint density at radius 2 is 1.85 bits per heavy atom. The number of non-ortho nitro benzene ring substituents is 1. The molecule has 10 heteroatoms. The van der Waals surface area contributed by atoms with E-state index in [1.807, 2.05) is 23.7 Å². The Hall–Kier alpha value is -3.40. The number of rotatable bonds is 7. The van der Waals surface area contributed by atoms with Gasteiger partial charge in [-0.1, -0.05) is 56.8 Å². The number of hydrogen-bond acceptors (Lipinski definition) is 7. The molecule has 1 heterocycles. The van der Waals surface area contributed by atoms with Gasteiger partial charge in [0.05, 0.1) is 23.0 Å². The first kappa shape index (κ1) is 24.2. The van der Waals surface area contributed by atoms with E-state index in [-0.39, 0.29) is 22.7 Å². The van der Waals surface area contributed by atoms with Gasteiger partial charge < -0.3 is 14.6 Å². The van der Waals surface area contributed by atoms with Crippen molar-refractivity contribution < 1.29 is 14.5 Å². The normalized spacial score (nSPS) is 12.3. The molecule has 33 heavy (non-hydrogen) atoms. The van der Waals surface area contributed by atoms with E-state index in [9.17, 15) is 14.9 Å². The number of ether oxygens (including phenoxy) is 1. The Labute approximate surface area is 196 Å². The minimum Gasteiger partial charge on any atom is -0.495 e. The van der Waals surface area contributed by atoms with Gasteiger partial charge in [-0.25, -0.2) is 0 Å². The molecular formula is C23H27N5O4S. The van der Waals surface area contributed by atoms with Gasteiger partial charge in [0.1, 0.15) is 5.75 Å². The third kappa shape index (κ3) is 5.51. The Morgan fingerprint density at radius 3 is 2.42 bits per heavy atom. The zero-order valence-corrected chi connectivity index (χ0v) is 20.3. The molecule has 2 aromatic carbocycles. The van der Waals surface area contributed by atoms with Crippen LogP contribution in [-0.4, -0.2) is 38.0 Å². The number of aromatic nitrogens is 3. The molecule has 1 aromatic heterocycles. The summed E-state index contributed by atoms with van der Waals surface area (Å²) in [7, 11) is 3.29. The first-order valence-electron chi connectivity index (χ1n) is 10.3. The first-order valence-corrected chi connectivity index (χ1v) is 11.2. The summed E-state index contributed by atoms with van der Waals surface area (Å²) in [6.07, 6.45) is 0. The van der Waals surface area contributed by atoms with E-state index in [0.29, 0.717) is 16.7 Å². The average molecular weight is 470 g/mol. The monoisotopic (exact) mass is 469 g/mol. The quantitative estimate of drug-likeness (QED) is 0.300. The van der Waals surface area contributed by atoms with E-state index in [0.717, 1.165) is 5.56 Å². The van der Waals surface area contributed by atoms with Gasteiger partial charge in [-0.2, -0.15) is 0 Å². The van der Waals surface area contributed by atoms with Gasteiger partial charge in [-0.05, 0) is 24.0 Å². The number of thioether (sulfide) groups is 1. The Bertz CT molecular complexity index is 1170. The van der Waals surface area contributed by atoms with Crippen LogP contribution in [0.2, 0.25) is 0 Å². The molecule has 9 nitrogen and oxygen atoms in total. The lowest BCUT2D eigenvalue weighted by atomic mass is 9.87. The zero-order chi connectivity index (χ0) is 24.3. The number of nitrogens with zero attached hydrogens (tertiary/aromatic N) is 4. The summed E-state index contributed by atoms with van der Waals surface area (Å²) in [5, 5.41) is 22.4. The number of methoxy groups -OCH3 is 1. The maximum absolute atomic E-state index is 12.8. The Balaban J connectivity index is 1.74. The van der Waals surface area contributed by atoms with E-state index in [4.69, 9.17) is 4.74 Å². The summed E-state index contributed by atoms with van der Waals surface area (Å²) in [4.78, 5) is 23.3. The number of hydrogen-bond donors (Lipinski definition) is 1. The van der Waals surface area contributed by atoms with Crippen molar-refractivity contribution in [2.45, 2.75) is 43.5 Å². The number of carbonyl (C=O) groups is 1. The lowest BCUT2D eigenvalue weighted by molar-refractivity contribution is -0.384. The fourth-order valence-corrected chi connectivity index (χ4v) is 3.96. The number of nitro groups is 1. The molecule has 0 saturated carbocycles. The topological polar surface area (TPSA) is 112 Å². The van der Waals surface area contributed by atoms with Crippen LogP contribution in [0.1, 0.15) is 33.3 Å². The van der Waals surface area contributed by atoms with Crippen molar-refractivity contribution in [2.75, 3.05) is 12.4 Å². The summed E-state index contributed by atoms with van der Waals surface area (Å²) in [6, 6.07) is 12.2. The fourth-order valence-electron chi connectivity index (χ4n) is 3.14. The van der Waals surface area contributed by atoms with Crippen LogP contribution >= 0.6 is 11.8 Å². The third-order valence-corrected chi connectivity index (χ3v) is 6.28. The summed E-state index contributed by atoms with van der Waals surface area (Å²) >= 11 is 1.25. The van der Waals surface area contributed by atoms with Crippen LogP contribution in [0.4, 0.5) is 11.4 Å². The van der Waals surface area contributed by atoms with Gasteiger partial charge in [0.2, 0.25) is 5.91 Å². The highest BCUT2D eigenvalue weighted by molar-refractivity contribution is 8.00. The maximum Gasteiger partial charge on any atom is 0.271 e. The molecule has 3 rings (SSSR count). The van der Waals surface area contributed by atoms with E-state index >= 15 is 0 Å². The summed E-state index contributed by atoms with van der Waals surface area (Å²) in [5.74, 6) is 0.703. The van der Waals surface area contributed by atoms with Crippen molar-refractivity contribution in [2.24, 2.45) is 7.05 Å². The molecule has 0 saturated heterocycles. The van der Waals surface area contributed by atoms with Gasteiger partial charge in [0, 0.05) is 24.7 Å². The molecule has 0 radical (unpaired) electrons. The van der Waals surface area contributed by atoms with E-state index < -0.39 is 10.2 Å². The molecule has 0 bridgehead atoms. The van der Waals surface area contributed by atoms with Crippen molar-refractivity contribution in [3.63, 3.8) is 0 Å². The summed E-state index contributed by atoms with van der Waals surface area (Å²) in [5.41, 5.74) is 2.32. The maximum atomic E-state index is 12.8. The van der Waals surface area contributed by atoms with Crippen molar-refractivity contribution in [1.82, 2.24) is 14.8 Å². The Morgan fingerprint density at radius 1 is 1.18 bits per heavy atom. The van der Waals surface area contributed by atoms with Crippen LogP contribution in [0, 0.1) is 10.1 Å². The average Bonchev–Trinajstić information content (AvgIpc) is 3.13. The smallest absolute Gasteiger partial charge is 0.271 e. The molecule has 1 amide bonds. The highest BCUT2D eigenvalue weighted by atomic mass is 32.2. The van der Waals surface area contributed by atoms with Gasteiger partial charge >= 0.3 is 0 Å². The van der Waals surface area contributed by atoms with Crippen LogP contribution in [0.3, 0.4) is 0 Å². The minimum atomic E-state index is -0.534. The molecule has 0 aliphatic rings. The zero-order valence-electron chi connectivity index (χ0n) is 19.4. The molecule has 0 spiro atoms. The van der Waals surface area contributed by atoms with Crippen molar-refractivity contribution in [3.8, 4) is 17.1 Å². The van der Waals surface area contributed by atoms with Crippen LogP contribution in [0.25, 0.3) is 11.4 Å². The van der Waals surface area contributed by atoms with E-state index in [2.05, 4.69) is 48.4 Å². The molecule has 1 atom stereocenters. The Kier molecular flexibility index (Phi) is 7.06. The van der Waals surface area contributed by atoms with Gasteiger partial charge in [-0.15, -0.1) is 10.2 Å². The molecule has 0 fully saturated rings. The standard InChI is InChI=1S/C23H27N5O4S/c1-14(21(29)24-18-13-17(28(30)31)11-12-19(18)32-6)33-22-26-25-20(27(22)5)15-7-9-16(10-8-15)23(2,3)4/h7-14H,1-6H3,(H,24,29)/t14-/m1/s1. The molecule has 174 valence electrons. The second-order valence-corrected chi connectivity index (χ2v) is 9.89. The first-order chi connectivity index (χ1) is 15.5. The molecule has 3 aromatic rings. The molecule has 0 aliphatic carbocycles. The second kappa shape index (κ2) is 9.62. The molecule has 0 unspecified atom stereocenters.